The molecule has 2 aromatic carbocycles. The van der Waals surface area contributed by atoms with Crippen molar-refractivity contribution in [3.05, 3.63) is 65.7 Å². The number of hydrogen-bond acceptors (Lipinski definition) is 5. The Morgan fingerprint density at radius 2 is 1.67 bits per heavy atom. The molecule has 1 saturated carbocycles. The molecule has 0 aromatic heterocycles. The third-order valence-electron chi connectivity index (χ3n) is 6.67. The van der Waals surface area contributed by atoms with Crippen LogP contribution in [0, 0.1) is 30.6 Å². The van der Waals surface area contributed by atoms with Gasteiger partial charge in [-0.3, -0.25) is 19.3 Å². The lowest BCUT2D eigenvalue weighted by Gasteiger charge is -2.17. The molecule has 4 atom stereocenters. The minimum Gasteiger partial charge on any atom is -0.482 e. The average molecular weight is 446 g/mol. The molecule has 168 valence electrons. The number of carbonyl (C=O) groups excluding carboxylic acids is 3. The first-order valence-corrected chi connectivity index (χ1v) is 10.8. The predicted octanol–water partition coefficient (Wildman–Crippen LogP) is 3.02. The number of hydrogen-bond donors (Lipinski definition) is 2. The van der Waals surface area contributed by atoms with Crippen molar-refractivity contribution in [3.8, 4) is 5.75 Å². The predicted molar refractivity (Wildman–Crippen MR) is 119 cm³/mol. The molecule has 33 heavy (non-hydrogen) atoms. The monoisotopic (exact) mass is 446 g/mol. The summed E-state index contributed by atoms with van der Waals surface area (Å²) in [5, 5.41) is 11.5. The van der Waals surface area contributed by atoms with Gasteiger partial charge in [-0.2, -0.15) is 0 Å². The normalized spacial score (nSPS) is 24.8. The van der Waals surface area contributed by atoms with Gasteiger partial charge in [-0.15, -0.1) is 0 Å². The van der Waals surface area contributed by atoms with Crippen molar-refractivity contribution in [2.24, 2.45) is 23.7 Å². The first kappa shape index (κ1) is 20.9. The Bertz CT molecular complexity index is 1170. The third-order valence-corrected chi connectivity index (χ3v) is 6.67. The fraction of sp³-hybridized carbons (Fsp3) is 0.280. The molecule has 0 radical (unpaired) electrons. The van der Waals surface area contributed by atoms with E-state index in [0.717, 1.165) is 6.42 Å². The summed E-state index contributed by atoms with van der Waals surface area (Å²) in [6.07, 6.45) is 4.99. The van der Waals surface area contributed by atoms with Crippen LogP contribution in [0.4, 0.5) is 11.4 Å². The van der Waals surface area contributed by atoms with Gasteiger partial charge in [0.2, 0.25) is 11.8 Å². The Hall–Kier alpha value is -3.94. The molecular weight excluding hydrogens is 424 g/mol. The van der Waals surface area contributed by atoms with E-state index in [9.17, 15) is 19.2 Å². The number of anilines is 2. The van der Waals surface area contributed by atoms with E-state index < -0.39 is 12.6 Å². The van der Waals surface area contributed by atoms with Crippen LogP contribution in [0.3, 0.4) is 0 Å². The van der Waals surface area contributed by atoms with Gasteiger partial charge in [0.05, 0.1) is 17.5 Å². The zero-order chi connectivity index (χ0) is 23.3. The van der Waals surface area contributed by atoms with Gasteiger partial charge in [0.1, 0.15) is 5.75 Å². The maximum absolute atomic E-state index is 12.9. The number of amides is 3. The second kappa shape index (κ2) is 7.88. The van der Waals surface area contributed by atoms with Gasteiger partial charge in [-0.05, 0) is 73.2 Å². The van der Waals surface area contributed by atoms with Crippen molar-refractivity contribution in [3.63, 3.8) is 0 Å². The Morgan fingerprint density at radius 1 is 1.03 bits per heavy atom. The first-order valence-electron chi connectivity index (χ1n) is 10.8. The summed E-state index contributed by atoms with van der Waals surface area (Å²) in [7, 11) is 0. The highest BCUT2D eigenvalue weighted by atomic mass is 16.5. The minimum atomic E-state index is -1.07. The number of aryl methyl sites for hydroxylation is 1. The highest BCUT2D eigenvalue weighted by Crippen LogP contribution is 2.53. The number of aliphatic carboxylic acids is 1. The van der Waals surface area contributed by atoms with Crippen LogP contribution in [0.2, 0.25) is 0 Å². The lowest BCUT2D eigenvalue weighted by molar-refractivity contribution is -0.139. The summed E-state index contributed by atoms with van der Waals surface area (Å²) in [6, 6.07) is 11.3. The number of fused-ring (bicyclic) bond motifs is 5. The summed E-state index contributed by atoms with van der Waals surface area (Å²) >= 11 is 0. The van der Waals surface area contributed by atoms with Gasteiger partial charge in [0.15, 0.2) is 6.61 Å². The summed E-state index contributed by atoms with van der Waals surface area (Å²) in [5.74, 6) is -1.56. The summed E-state index contributed by atoms with van der Waals surface area (Å²) in [5.41, 5.74) is 2.13. The van der Waals surface area contributed by atoms with E-state index in [1.165, 1.54) is 4.90 Å². The molecule has 2 N–H and O–H groups in total. The van der Waals surface area contributed by atoms with E-state index in [0.29, 0.717) is 28.3 Å². The van der Waals surface area contributed by atoms with Gasteiger partial charge in [-0.25, -0.2) is 4.79 Å². The number of ether oxygens (including phenoxy) is 1. The molecule has 8 nitrogen and oxygen atoms in total. The molecule has 3 amide bonds. The maximum atomic E-state index is 12.9. The number of allylic oxidation sites excluding steroid dienone is 2. The number of rotatable bonds is 6. The van der Waals surface area contributed by atoms with Crippen LogP contribution in [-0.2, 0) is 14.4 Å². The third kappa shape index (κ3) is 3.57. The Balaban J connectivity index is 1.27. The molecule has 1 aliphatic heterocycles. The number of carboxylic acids is 1. The zero-order valence-corrected chi connectivity index (χ0v) is 17.9. The molecular formula is C25H22N2O6. The lowest BCUT2D eigenvalue weighted by atomic mass is 9.85. The zero-order valence-electron chi connectivity index (χ0n) is 17.9. The van der Waals surface area contributed by atoms with E-state index in [1.807, 2.05) is 0 Å². The van der Waals surface area contributed by atoms with Crippen LogP contribution in [-0.4, -0.2) is 35.4 Å². The van der Waals surface area contributed by atoms with Gasteiger partial charge in [0, 0.05) is 11.3 Å². The molecule has 0 spiro atoms. The van der Waals surface area contributed by atoms with E-state index >= 15 is 0 Å². The number of benzene rings is 2. The molecule has 2 aromatic rings. The molecule has 1 heterocycles. The number of carboxylic acid groups (broad SMARTS) is 1. The summed E-state index contributed by atoms with van der Waals surface area (Å²) in [6.45, 7) is 1.33. The van der Waals surface area contributed by atoms with Crippen molar-refractivity contribution < 1.29 is 29.0 Å². The largest absolute Gasteiger partial charge is 0.482 e. The molecule has 4 unspecified atom stereocenters. The second-order valence-corrected chi connectivity index (χ2v) is 8.67. The van der Waals surface area contributed by atoms with Crippen LogP contribution in [0.5, 0.6) is 5.75 Å². The number of carbonyl (C=O) groups is 4. The van der Waals surface area contributed by atoms with Crippen LogP contribution in [0.1, 0.15) is 22.3 Å². The molecule has 5 rings (SSSR count). The van der Waals surface area contributed by atoms with Crippen LogP contribution in [0.25, 0.3) is 0 Å². The molecule has 1 saturated heterocycles. The van der Waals surface area contributed by atoms with Gasteiger partial charge >= 0.3 is 5.97 Å². The van der Waals surface area contributed by atoms with E-state index in [-0.39, 0.29) is 41.4 Å². The standard InChI is InChI=1S/C25H22N2O6/c1-13-10-18(33-12-20(28)29)8-9-19(13)26-23(30)14-4-6-17(7-5-14)27-24(31)21-15-2-3-16(11-15)22(21)25(27)32/h2-10,15-16,21-22H,11-12H2,1H3,(H,26,30)(H,28,29). The fourth-order valence-corrected chi connectivity index (χ4v) is 5.12. The van der Waals surface area contributed by atoms with Gasteiger partial charge in [0.25, 0.3) is 5.91 Å². The van der Waals surface area contributed by atoms with Crippen LogP contribution in [0.15, 0.2) is 54.6 Å². The van der Waals surface area contributed by atoms with E-state index in [4.69, 9.17) is 9.84 Å². The van der Waals surface area contributed by atoms with Crippen LogP contribution >= 0.6 is 0 Å². The van der Waals surface area contributed by atoms with Crippen molar-refractivity contribution in [2.75, 3.05) is 16.8 Å². The first-order chi connectivity index (χ1) is 15.8. The Morgan fingerprint density at radius 3 is 2.24 bits per heavy atom. The van der Waals surface area contributed by atoms with Gasteiger partial charge < -0.3 is 15.2 Å². The van der Waals surface area contributed by atoms with Crippen LogP contribution < -0.4 is 15.0 Å². The average Bonchev–Trinajstić information content (AvgIpc) is 3.48. The summed E-state index contributed by atoms with van der Waals surface area (Å²) < 4.78 is 5.14. The van der Waals surface area contributed by atoms with Crippen molar-refractivity contribution in [2.45, 2.75) is 13.3 Å². The smallest absolute Gasteiger partial charge is 0.341 e. The van der Waals surface area contributed by atoms with E-state index in [1.54, 1.807) is 49.4 Å². The van der Waals surface area contributed by atoms with Crippen molar-refractivity contribution in [1.29, 1.82) is 0 Å². The second-order valence-electron chi connectivity index (χ2n) is 8.67. The lowest BCUT2D eigenvalue weighted by Crippen LogP contribution is -2.32. The van der Waals surface area contributed by atoms with Crippen molar-refractivity contribution >= 4 is 35.1 Å². The Labute approximate surface area is 189 Å². The topological polar surface area (TPSA) is 113 Å². The minimum absolute atomic E-state index is 0.149. The fourth-order valence-electron chi connectivity index (χ4n) is 5.12. The SMILES string of the molecule is Cc1cc(OCC(=O)O)ccc1NC(=O)c1ccc(N2C(=O)C3C4C=CC(C4)C3C2=O)cc1. The summed E-state index contributed by atoms with van der Waals surface area (Å²) in [4.78, 5) is 50.5. The quantitative estimate of drug-likeness (QED) is 0.521. The molecule has 8 heteroatoms. The molecule has 2 fully saturated rings. The highest BCUT2D eigenvalue weighted by Gasteiger charge is 2.59. The van der Waals surface area contributed by atoms with E-state index in [2.05, 4.69) is 17.5 Å². The maximum Gasteiger partial charge on any atom is 0.341 e. The highest BCUT2D eigenvalue weighted by molar-refractivity contribution is 6.23. The Kier molecular flexibility index (Phi) is 5.00. The van der Waals surface area contributed by atoms with Gasteiger partial charge in [-0.1, -0.05) is 12.2 Å². The molecule has 3 aliphatic rings. The number of nitrogens with one attached hydrogen (secondary N) is 1. The molecule has 2 bridgehead atoms. The number of imide groups is 1. The van der Waals surface area contributed by atoms with Crippen molar-refractivity contribution in [1.82, 2.24) is 0 Å². The number of nitrogens with zero attached hydrogens (tertiary/aromatic N) is 1. The molecule has 2 aliphatic carbocycles.